The van der Waals surface area contributed by atoms with E-state index in [1.807, 2.05) is 47.9 Å². The number of benzene rings is 1. The zero-order valence-corrected chi connectivity index (χ0v) is 15.2. The number of nitrogens with one attached hydrogen (secondary N) is 1. The fraction of sp³-hybridized carbons (Fsp3) is 0.250. The van der Waals surface area contributed by atoms with Crippen molar-refractivity contribution in [3.05, 3.63) is 58.6 Å². The van der Waals surface area contributed by atoms with Crippen molar-refractivity contribution in [2.24, 2.45) is 0 Å². The Labute approximate surface area is 156 Å². The molecule has 4 rings (SSSR count). The molecule has 26 heavy (non-hydrogen) atoms. The lowest BCUT2D eigenvalue weighted by atomic mass is 10.2. The molecule has 0 spiro atoms. The molecule has 1 aliphatic heterocycles. The molecule has 3 aromatic rings. The first-order chi connectivity index (χ1) is 12.8. The van der Waals surface area contributed by atoms with Crippen LogP contribution in [0, 0.1) is 0 Å². The molecule has 0 saturated carbocycles. The lowest BCUT2D eigenvalue weighted by molar-refractivity contribution is -0.111. The van der Waals surface area contributed by atoms with E-state index in [-0.39, 0.29) is 5.91 Å². The Morgan fingerprint density at radius 1 is 1.12 bits per heavy atom. The molecule has 0 radical (unpaired) electrons. The second kappa shape index (κ2) is 7.66. The van der Waals surface area contributed by atoms with E-state index in [1.165, 1.54) is 19.3 Å². The van der Waals surface area contributed by atoms with Gasteiger partial charge >= 0.3 is 0 Å². The zero-order valence-electron chi connectivity index (χ0n) is 14.4. The Balaban J connectivity index is 1.45. The maximum atomic E-state index is 12.0. The van der Waals surface area contributed by atoms with Crippen LogP contribution in [0.1, 0.15) is 30.0 Å². The van der Waals surface area contributed by atoms with Crippen LogP contribution in [-0.2, 0) is 17.8 Å². The van der Waals surface area contributed by atoms with E-state index in [9.17, 15) is 4.79 Å². The van der Waals surface area contributed by atoms with Crippen LogP contribution in [0.25, 0.3) is 17.5 Å². The van der Waals surface area contributed by atoms with E-state index in [0.29, 0.717) is 0 Å². The summed E-state index contributed by atoms with van der Waals surface area (Å²) in [5.41, 5.74) is 1.79. The number of carbonyl (C=O) groups is 1. The third-order valence-electron chi connectivity index (χ3n) is 4.46. The standard InChI is InChI=1S/C20H20N4OS/c25-19(12-11-17-5-4-14-26-17)21-16-9-7-15(8-10-16)20-23-22-18-6-2-1-3-13-24(18)20/h4-5,7-12,14H,1-3,6,13H2,(H,21,25). The minimum absolute atomic E-state index is 0.137. The summed E-state index contributed by atoms with van der Waals surface area (Å²) >= 11 is 1.60. The van der Waals surface area contributed by atoms with Gasteiger partial charge in [0.2, 0.25) is 5.91 Å². The van der Waals surface area contributed by atoms with Crippen molar-refractivity contribution in [2.45, 2.75) is 32.2 Å². The molecule has 1 N–H and O–H groups in total. The van der Waals surface area contributed by atoms with Gasteiger partial charge in [-0.25, -0.2) is 0 Å². The summed E-state index contributed by atoms with van der Waals surface area (Å²) in [5.74, 6) is 1.86. The van der Waals surface area contributed by atoms with Crippen molar-refractivity contribution in [1.29, 1.82) is 0 Å². The Morgan fingerprint density at radius 2 is 2.00 bits per heavy atom. The predicted molar refractivity (Wildman–Crippen MR) is 105 cm³/mol. The van der Waals surface area contributed by atoms with Crippen molar-refractivity contribution in [3.63, 3.8) is 0 Å². The summed E-state index contributed by atoms with van der Waals surface area (Å²) in [4.78, 5) is 13.1. The van der Waals surface area contributed by atoms with Gasteiger partial charge in [0.25, 0.3) is 0 Å². The molecule has 0 bridgehead atoms. The molecule has 3 heterocycles. The molecule has 1 aromatic carbocycles. The highest BCUT2D eigenvalue weighted by Crippen LogP contribution is 2.24. The van der Waals surface area contributed by atoms with E-state index in [4.69, 9.17) is 0 Å². The van der Waals surface area contributed by atoms with Crippen LogP contribution in [0.5, 0.6) is 0 Å². The molecular weight excluding hydrogens is 344 g/mol. The lowest BCUT2D eigenvalue weighted by Crippen LogP contribution is -2.07. The average molecular weight is 364 g/mol. The zero-order chi connectivity index (χ0) is 17.8. The van der Waals surface area contributed by atoms with E-state index >= 15 is 0 Å². The summed E-state index contributed by atoms with van der Waals surface area (Å²) in [6.07, 6.45) is 7.97. The molecule has 0 aliphatic carbocycles. The molecule has 1 aliphatic rings. The van der Waals surface area contributed by atoms with Gasteiger partial charge in [0.05, 0.1) is 0 Å². The topological polar surface area (TPSA) is 59.8 Å². The first kappa shape index (κ1) is 16.7. The fourth-order valence-corrected chi connectivity index (χ4v) is 3.75. The van der Waals surface area contributed by atoms with Crippen molar-refractivity contribution in [1.82, 2.24) is 14.8 Å². The molecule has 132 valence electrons. The second-order valence-corrected chi connectivity index (χ2v) is 7.30. The Hall–Kier alpha value is -2.73. The van der Waals surface area contributed by atoms with Crippen molar-refractivity contribution >= 4 is 29.0 Å². The molecule has 1 amide bonds. The molecule has 5 nitrogen and oxygen atoms in total. The van der Waals surface area contributed by atoms with Crippen molar-refractivity contribution in [2.75, 3.05) is 5.32 Å². The number of aryl methyl sites for hydroxylation is 1. The molecular formula is C20H20N4OS. The fourth-order valence-electron chi connectivity index (χ4n) is 3.13. The minimum Gasteiger partial charge on any atom is -0.323 e. The summed E-state index contributed by atoms with van der Waals surface area (Å²) < 4.78 is 2.23. The van der Waals surface area contributed by atoms with Gasteiger partial charge in [0.15, 0.2) is 5.82 Å². The minimum atomic E-state index is -0.137. The predicted octanol–water partition coefficient (Wildman–Crippen LogP) is 4.38. The van der Waals surface area contributed by atoms with Crippen molar-refractivity contribution < 1.29 is 4.79 Å². The summed E-state index contributed by atoms with van der Waals surface area (Å²) in [7, 11) is 0. The Morgan fingerprint density at radius 3 is 2.81 bits per heavy atom. The van der Waals surface area contributed by atoms with E-state index in [1.54, 1.807) is 17.4 Å². The third-order valence-corrected chi connectivity index (χ3v) is 5.30. The number of hydrogen-bond acceptors (Lipinski definition) is 4. The SMILES string of the molecule is O=C(C=Cc1cccs1)Nc1ccc(-c2nnc3n2CCCCC3)cc1. The monoisotopic (exact) mass is 364 g/mol. The number of amides is 1. The van der Waals surface area contributed by atoms with Crippen LogP contribution < -0.4 is 5.32 Å². The molecule has 2 aromatic heterocycles. The normalized spacial score (nSPS) is 14.2. The molecule has 6 heteroatoms. The third kappa shape index (κ3) is 3.75. The van der Waals surface area contributed by atoms with Gasteiger partial charge < -0.3 is 9.88 Å². The quantitative estimate of drug-likeness (QED) is 0.699. The highest BCUT2D eigenvalue weighted by atomic mass is 32.1. The summed E-state index contributed by atoms with van der Waals surface area (Å²) in [5, 5.41) is 13.6. The molecule has 0 saturated heterocycles. The molecule has 0 unspecified atom stereocenters. The van der Waals surface area contributed by atoms with E-state index in [2.05, 4.69) is 20.1 Å². The average Bonchev–Trinajstić information content (AvgIpc) is 3.26. The van der Waals surface area contributed by atoms with Crippen molar-refractivity contribution in [3.8, 4) is 11.4 Å². The second-order valence-electron chi connectivity index (χ2n) is 6.32. The smallest absolute Gasteiger partial charge is 0.248 e. The number of carbonyl (C=O) groups excluding carboxylic acids is 1. The first-order valence-electron chi connectivity index (χ1n) is 8.85. The van der Waals surface area contributed by atoms with Gasteiger partial charge in [-0.1, -0.05) is 12.5 Å². The highest BCUT2D eigenvalue weighted by Gasteiger charge is 2.15. The van der Waals surface area contributed by atoms with Crippen LogP contribution in [0.4, 0.5) is 5.69 Å². The van der Waals surface area contributed by atoms with Crippen LogP contribution in [0.15, 0.2) is 47.9 Å². The van der Waals surface area contributed by atoms with Crippen LogP contribution >= 0.6 is 11.3 Å². The Kier molecular flexibility index (Phi) is 4.93. The first-order valence-corrected chi connectivity index (χ1v) is 9.73. The summed E-state index contributed by atoms with van der Waals surface area (Å²) in [6.45, 7) is 0.976. The van der Waals surface area contributed by atoms with Gasteiger partial charge in [-0.3, -0.25) is 4.79 Å². The number of anilines is 1. The summed E-state index contributed by atoms with van der Waals surface area (Å²) in [6, 6.07) is 11.7. The number of hydrogen-bond donors (Lipinski definition) is 1. The molecule has 0 atom stereocenters. The number of aromatic nitrogens is 3. The van der Waals surface area contributed by atoms with Gasteiger partial charge in [-0.15, -0.1) is 21.5 Å². The maximum absolute atomic E-state index is 12.0. The van der Waals surface area contributed by atoms with Crippen LogP contribution in [0.3, 0.4) is 0 Å². The van der Waals surface area contributed by atoms with E-state index < -0.39 is 0 Å². The largest absolute Gasteiger partial charge is 0.323 e. The number of rotatable bonds is 4. The number of nitrogens with zero attached hydrogens (tertiary/aromatic N) is 3. The number of fused-ring (bicyclic) bond motifs is 1. The van der Waals surface area contributed by atoms with Crippen LogP contribution in [0.2, 0.25) is 0 Å². The lowest BCUT2D eigenvalue weighted by Gasteiger charge is -2.08. The molecule has 0 fully saturated rings. The van der Waals surface area contributed by atoms with Gasteiger partial charge in [0, 0.05) is 35.2 Å². The van der Waals surface area contributed by atoms with Gasteiger partial charge in [0.1, 0.15) is 5.82 Å². The number of thiophene rings is 1. The van der Waals surface area contributed by atoms with Gasteiger partial charge in [-0.05, 0) is 54.6 Å². The maximum Gasteiger partial charge on any atom is 0.248 e. The van der Waals surface area contributed by atoms with Gasteiger partial charge in [-0.2, -0.15) is 0 Å². The van der Waals surface area contributed by atoms with Crippen LogP contribution in [-0.4, -0.2) is 20.7 Å². The Bertz CT molecular complexity index is 910. The highest BCUT2D eigenvalue weighted by molar-refractivity contribution is 7.10. The van der Waals surface area contributed by atoms with E-state index in [0.717, 1.165) is 40.7 Å².